The fourth-order valence-corrected chi connectivity index (χ4v) is 3.24. The van der Waals surface area contributed by atoms with Gasteiger partial charge in [-0.25, -0.2) is 4.98 Å². The fourth-order valence-electron chi connectivity index (χ4n) is 2.79. The number of rotatable bonds is 2. The molecule has 0 bridgehead atoms. The zero-order chi connectivity index (χ0) is 13.5. The maximum atomic E-state index is 4.37. The van der Waals surface area contributed by atoms with E-state index in [9.17, 15) is 0 Å². The summed E-state index contributed by atoms with van der Waals surface area (Å²) in [6, 6.07) is 6.34. The van der Waals surface area contributed by atoms with Crippen LogP contribution in [0.15, 0.2) is 35.2 Å². The van der Waals surface area contributed by atoms with Crippen LogP contribution in [0, 0.1) is 6.92 Å². The van der Waals surface area contributed by atoms with Crippen LogP contribution in [0.25, 0.3) is 5.69 Å². The molecule has 3 rings (SSSR count). The number of benzene rings is 1. The third-order valence-corrected chi connectivity index (χ3v) is 5.09. The molecule has 0 spiro atoms. The van der Waals surface area contributed by atoms with Crippen LogP contribution >= 0.6 is 15.9 Å². The van der Waals surface area contributed by atoms with Gasteiger partial charge in [0.2, 0.25) is 0 Å². The minimum atomic E-state index is 0.166. The van der Waals surface area contributed by atoms with Crippen molar-refractivity contribution < 1.29 is 0 Å². The van der Waals surface area contributed by atoms with Gasteiger partial charge in [-0.05, 0) is 47.4 Å². The van der Waals surface area contributed by atoms with Gasteiger partial charge in [-0.2, -0.15) is 0 Å². The predicted molar refractivity (Wildman–Crippen MR) is 80.8 cm³/mol. The zero-order valence-corrected chi connectivity index (χ0v) is 12.9. The van der Waals surface area contributed by atoms with Crippen molar-refractivity contribution in [1.29, 1.82) is 0 Å². The van der Waals surface area contributed by atoms with E-state index in [0.717, 1.165) is 24.0 Å². The Balaban J connectivity index is 2.12. The van der Waals surface area contributed by atoms with Crippen molar-refractivity contribution in [1.82, 2.24) is 14.9 Å². The first-order chi connectivity index (χ1) is 9.12. The van der Waals surface area contributed by atoms with Crippen molar-refractivity contribution in [3.8, 4) is 5.69 Å². The van der Waals surface area contributed by atoms with Crippen LogP contribution in [-0.4, -0.2) is 22.6 Å². The van der Waals surface area contributed by atoms with Crippen LogP contribution < -0.4 is 5.32 Å². The van der Waals surface area contributed by atoms with Gasteiger partial charge >= 0.3 is 0 Å². The lowest BCUT2D eigenvalue weighted by molar-refractivity contribution is 0.498. The van der Waals surface area contributed by atoms with E-state index >= 15 is 0 Å². The van der Waals surface area contributed by atoms with E-state index in [1.807, 2.05) is 12.5 Å². The Morgan fingerprint density at radius 2 is 2.26 bits per heavy atom. The summed E-state index contributed by atoms with van der Waals surface area (Å²) in [5.41, 5.74) is 3.86. The molecule has 1 atom stereocenters. The second-order valence-electron chi connectivity index (χ2n) is 5.54. The molecule has 0 radical (unpaired) electrons. The van der Waals surface area contributed by atoms with Crippen molar-refractivity contribution in [2.24, 2.45) is 0 Å². The topological polar surface area (TPSA) is 29.9 Å². The molecule has 4 heteroatoms. The Bertz CT molecular complexity index is 597. The molecule has 1 aromatic heterocycles. The van der Waals surface area contributed by atoms with Crippen molar-refractivity contribution >= 4 is 15.9 Å². The quantitative estimate of drug-likeness (QED) is 0.921. The fraction of sp³-hybridized carbons (Fsp3) is 0.400. The monoisotopic (exact) mass is 319 g/mol. The Kier molecular flexibility index (Phi) is 3.23. The van der Waals surface area contributed by atoms with Gasteiger partial charge in [0.05, 0.1) is 12.0 Å². The first-order valence-corrected chi connectivity index (χ1v) is 7.40. The number of nitrogens with zero attached hydrogens (tertiary/aromatic N) is 2. The summed E-state index contributed by atoms with van der Waals surface area (Å²) < 4.78 is 3.35. The molecular formula is C15H18BrN3. The van der Waals surface area contributed by atoms with Crippen LogP contribution in [0.2, 0.25) is 0 Å². The molecule has 19 heavy (non-hydrogen) atoms. The summed E-state index contributed by atoms with van der Waals surface area (Å²) in [6.07, 6.45) is 5.07. The number of imidazole rings is 1. The molecule has 1 saturated heterocycles. The highest BCUT2D eigenvalue weighted by molar-refractivity contribution is 9.10. The van der Waals surface area contributed by atoms with Gasteiger partial charge in [-0.1, -0.05) is 19.1 Å². The summed E-state index contributed by atoms with van der Waals surface area (Å²) >= 11 is 3.70. The van der Waals surface area contributed by atoms with E-state index in [-0.39, 0.29) is 5.41 Å². The first-order valence-electron chi connectivity index (χ1n) is 6.61. The minimum Gasteiger partial charge on any atom is -0.316 e. The lowest BCUT2D eigenvalue weighted by Crippen LogP contribution is -2.27. The minimum absolute atomic E-state index is 0.166. The average molecular weight is 320 g/mol. The highest BCUT2D eigenvalue weighted by Crippen LogP contribution is 2.33. The van der Waals surface area contributed by atoms with E-state index < -0.39 is 0 Å². The second-order valence-corrected chi connectivity index (χ2v) is 6.34. The SMILES string of the molecule is Cc1cccc(-n2cncc2C2(C)CCNC2)c1Br. The number of hydrogen-bond acceptors (Lipinski definition) is 2. The predicted octanol–water partition coefficient (Wildman–Crippen LogP) is 3.19. The molecule has 0 aliphatic carbocycles. The van der Waals surface area contributed by atoms with Gasteiger partial charge in [0.1, 0.15) is 0 Å². The van der Waals surface area contributed by atoms with Gasteiger partial charge in [0.15, 0.2) is 0 Å². The number of halogens is 1. The molecule has 3 nitrogen and oxygen atoms in total. The molecule has 1 aliphatic heterocycles. The van der Waals surface area contributed by atoms with Crippen LogP contribution in [-0.2, 0) is 5.41 Å². The second kappa shape index (κ2) is 4.76. The highest BCUT2D eigenvalue weighted by Gasteiger charge is 2.33. The average Bonchev–Trinajstić information content (AvgIpc) is 3.02. The van der Waals surface area contributed by atoms with Crippen molar-refractivity contribution in [2.45, 2.75) is 25.7 Å². The Labute approximate surface area is 122 Å². The maximum absolute atomic E-state index is 4.37. The standard InChI is InChI=1S/C15H18BrN3/c1-11-4-3-5-12(14(11)16)19-10-18-8-13(19)15(2)6-7-17-9-15/h3-5,8,10,17H,6-7,9H2,1-2H3. The summed E-state index contributed by atoms with van der Waals surface area (Å²) in [5.74, 6) is 0. The van der Waals surface area contributed by atoms with Crippen molar-refractivity contribution in [2.75, 3.05) is 13.1 Å². The molecule has 1 aliphatic rings. The number of aryl methyl sites for hydroxylation is 1. The third-order valence-electron chi connectivity index (χ3n) is 4.06. The van der Waals surface area contributed by atoms with E-state index in [0.29, 0.717) is 0 Å². The molecule has 0 amide bonds. The van der Waals surface area contributed by atoms with Gasteiger partial charge < -0.3 is 9.88 Å². The van der Waals surface area contributed by atoms with Gasteiger partial charge in [0, 0.05) is 28.3 Å². The van der Waals surface area contributed by atoms with Crippen LogP contribution in [0.5, 0.6) is 0 Å². The maximum Gasteiger partial charge on any atom is 0.0994 e. The molecule has 1 N–H and O–H groups in total. The number of hydrogen-bond donors (Lipinski definition) is 1. The Hall–Kier alpha value is -1.13. The summed E-state index contributed by atoms with van der Waals surface area (Å²) in [6.45, 7) is 6.52. The van der Waals surface area contributed by atoms with E-state index in [2.05, 4.69) is 62.8 Å². The molecule has 1 unspecified atom stereocenters. The van der Waals surface area contributed by atoms with E-state index in [4.69, 9.17) is 0 Å². The molecule has 2 heterocycles. The van der Waals surface area contributed by atoms with Crippen LogP contribution in [0.4, 0.5) is 0 Å². The molecule has 1 aromatic carbocycles. The summed E-state index contributed by atoms with van der Waals surface area (Å²) in [5, 5.41) is 3.45. The molecule has 100 valence electrons. The van der Waals surface area contributed by atoms with Crippen molar-refractivity contribution in [3.63, 3.8) is 0 Å². The third kappa shape index (κ3) is 2.13. The lowest BCUT2D eigenvalue weighted by Gasteiger charge is -2.25. The highest BCUT2D eigenvalue weighted by atomic mass is 79.9. The number of aromatic nitrogens is 2. The van der Waals surface area contributed by atoms with E-state index in [1.54, 1.807) is 0 Å². The van der Waals surface area contributed by atoms with Gasteiger partial charge in [-0.15, -0.1) is 0 Å². The van der Waals surface area contributed by atoms with Crippen LogP contribution in [0.1, 0.15) is 24.6 Å². The molecule has 2 aromatic rings. The normalized spacial score (nSPS) is 22.9. The largest absolute Gasteiger partial charge is 0.316 e. The lowest BCUT2D eigenvalue weighted by atomic mass is 9.86. The van der Waals surface area contributed by atoms with Crippen molar-refractivity contribution in [3.05, 3.63) is 46.5 Å². The van der Waals surface area contributed by atoms with Crippen LogP contribution in [0.3, 0.4) is 0 Å². The zero-order valence-electron chi connectivity index (χ0n) is 11.3. The summed E-state index contributed by atoms with van der Waals surface area (Å²) in [7, 11) is 0. The van der Waals surface area contributed by atoms with Gasteiger partial charge in [-0.3, -0.25) is 0 Å². The smallest absolute Gasteiger partial charge is 0.0994 e. The molecule has 1 fully saturated rings. The van der Waals surface area contributed by atoms with E-state index in [1.165, 1.54) is 16.9 Å². The Morgan fingerprint density at radius 3 is 3.00 bits per heavy atom. The molecular weight excluding hydrogens is 302 g/mol. The first kappa shape index (κ1) is 12.9. The summed E-state index contributed by atoms with van der Waals surface area (Å²) in [4.78, 5) is 4.37. The Morgan fingerprint density at radius 1 is 1.42 bits per heavy atom. The molecule has 0 saturated carbocycles. The van der Waals surface area contributed by atoms with Gasteiger partial charge in [0.25, 0.3) is 0 Å². The number of nitrogens with one attached hydrogen (secondary N) is 1.